The van der Waals surface area contributed by atoms with Gasteiger partial charge in [0, 0.05) is 55.0 Å². The molecule has 9 nitrogen and oxygen atoms in total. The number of fused-ring (bicyclic) bond motifs is 2. The first-order valence-corrected chi connectivity index (χ1v) is 13.0. The number of rotatable bonds is 6. The second kappa shape index (κ2) is 10.6. The van der Waals surface area contributed by atoms with E-state index >= 15 is 0 Å². The second-order valence-electron chi connectivity index (χ2n) is 9.66. The van der Waals surface area contributed by atoms with Gasteiger partial charge >= 0.3 is 0 Å². The largest absolute Gasteiger partial charge is 0.456 e. The Labute approximate surface area is 225 Å². The van der Waals surface area contributed by atoms with Gasteiger partial charge in [-0.3, -0.25) is 9.59 Å². The summed E-state index contributed by atoms with van der Waals surface area (Å²) in [5.74, 6) is 1.93. The molecule has 1 amide bonds. The maximum atomic E-state index is 12.6. The molecule has 3 N–H and O–H groups in total. The molecule has 1 fully saturated rings. The summed E-state index contributed by atoms with van der Waals surface area (Å²) < 4.78 is 11.9. The van der Waals surface area contributed by atoms with Crippen LogP contribution < -0.4 is 25.8 Å². The fourth-order valence-electron chi connectivity index (χ4n) is 5.00. The zero-order chi connectivity index (χ0) is 26.8. The second-order valence-corrected chi connectivity index (χ2v) is 9.66. The molecule has 0 atom stereocenters. The lowest BCUT2D eigenvalue weighted by Crippen LogP contribution is -2.36. The molecule has 2 aliphatic rings. The van der Waals surface area contributed by atoms with Gasteiger partial charge < -0.3 is 30.0 Å². The number of carbonyl (C=O) groups is 1. The number of anilines is 3. The van der Waals surface area contributed by atoms with Crippen molar-refractivity contribution in [2.45, 2.75) is 19.9 Å². The highest BCUT2D eigenvalue weighted by Gasteiger charge is 2.22. The van der Waals surface area contributed by atoms with Crippen LogP contribution in [-0.4, -0.2) is 42.2 Å². The van der Waals surface area contributed by atoms with E-state index in [1.807, 2.05) is 42.5 Å². The molecular formula is C30H29N5O4. The first-order chi connectivity index (χ1) is 19.0. The molecule has 2 aromatic heterocycles. The van der Waals surface area contributed by atoms with E-state index in [0.29, 0.717) is 32.0 Å². The van der Waals surface area contributed by atoms with Crippen molar-refractivity contribution in [2.24, 2.45) is 0 Å². The van der Waals surface area contributed by atoms with Crippen LogP contribution in [0.1, 0.15) is 23.7 Å². The number of morpholine rings is 1. The Bertz CT molecular complexity index is 1590. The van der Waals surface area contributed by atoms with Gasteiger partial charge in [0.25, 0.3) is 0 Å². The van der Waals surface area contributed by atoms with Gasteiger partial charge in [0.2, 0.25) is 11.5 Å². The summed E-state index contributed by atoms with van der Waals surface area (Å²) in [6, 6.07) is 21.3. The average molecular weight is 524 g/mol. The average Bonchev–Trinajstić information content (AvgIpc) is 2.94. The molecule has 198 valence electrons. The Morgan fingerprint density at radius 3 is 2.72 bits per heavy atom. The van der Waals surface area contributed by atoms with Crippen LogP contribution in [0.4, 0.5) is 17.2 Å². The summed E-state index contributed by atoms with van der Waals surface area (Å²) in [7, 11) is 0. The number of amides is 1. The highest BCUT2D eigenvalue weighted by molar-refractivity contribution is 5.87. The van der Waals surface area contributed by atoms with Crippen LogP contribution in [0.15, 0.2) is 71.5 Å². The molecule has 0 saturated carbocycles. The SMILES string of the molecule is CC(=O)Nc1cccc(CNc2ccc3c(c2)Cc2cccc(-c4cc(N5CCOCC5)cc(=O)[nH]4)c2O3)n1. The van der Waals surface area contributed by atoms with Crippen LogP contribution in [0, 0.1) is 0 Å². The number of nitrogens with zero attached hydrogens (tertiary/aromatic N) is 2. The van der Waals surface area contributed by atoms with Crippen LogP contribution in [0.3, 0.4) is 0 Å². The predicted molar refractivity (Wildman–Crippen MR) is 151 cm³/mol. The number of hydrogen-bond acceptors (Lipinski definition) is 7. The van der Waals surface area contributed by atoms with Crippen molar-refractivity contribution in [1.29, 1.82) is 0 Å². The fourth-order valence-corrected chi connectivity index (χ4v) is 5.00. The summed E-state index contributed by atoms with van der Waals surface area (Å²) in [5, 5.41) is 6.12. The van der Waals surface area contributed by atoms with Crippen LogP contribution in [-0.2, 0) is 22.5 Å². The van der Waals surface area contributed by atoms with Crippen LogP contribution >= 0.6 is 0 Å². The molecule has 0 radical (unpaired) electrons. The van der Waals surface area contributed by atoms with Crippen molar-refractivity contribution in [3.05, 3.63) is 93.9 Å². The highest BCUT2D eigenvalue weighted by atomic mass is 16.5. The van der Waals surface area contributed by atoms with Crippen molar-refractivity contribution in [2.75, 3.05) is 41.8 Å². The Morgan fingerprint density at radius 2 is 1.87 bits per heavy atom. The quantitative estimate of drug-likeness (QED) is 0.300. The third-order valence-electron chi connectivity index (χ3n) is 6.83. The molecule has 39 heavy (non-hydrogen) atoms. The van der Waals surface area contributed by atoms with Gasteiger partial charge in [0.1, 0.15) is 17.3 Å². The van der Waals surface area contributed by atoms with Crippen LogP contribution in [0.5, 0.6) is 11.5 Å². The van der Waals surface area contributed by atoms with E-state index in [4.69, 9.17) is 9.47 Å². The number of carbonyl (C=O) groups excluding carboxylic acids is 1. The van der Waals surface area contributed by atoms with Crippen LogP contribution in [0.2, 0.25) is 0 Å². The minimum Gasteiger partial charge on any atom is -0.456 e. The van der Waals surface area contributed by atoms with Gasteiger partial charge in [-0.2, -0.15) is 0 Å². The van der Waals surface area contributed by atoms with Gasteiger partial charge in [0.15, 0.2) is 0 Å². The molecule has 0 unspecified atom stereocenters. The fraction of sp³-hybridized carbons (Fsp3) is 0.233. The first-order valence-electron chi connectivity index (χ1n) is 13.0. The van der Waals surface area contributed by atoms with Crippen LogP contribution in [0.25, 0.3) is 11.3 Å². The standard InChI is InChI=1S/C30H29N5O4/c1-19(36)32-28-7-3-5-23(33-28)18-31-22-8-9-27-21(15-22)14-20-4-2-6-25(30(20)39-27)26-16-24(17-29(37)34-26)35-10-12-38-13-11-35/h2-9,15-17,31H,10-14,18H2,1H3,(H,34,37)(H,32,33,36). The van der Waals surface area contributed by atoms with Crippen molar-refractivity contribution in [3.63, 3.8) is 0 Å². The Balaban J connectivity index is 1.22. The summed E-state index contributed by atoms with van der Waals surface area (Å²) in [6.07, 6.45) is 0.706. The summed E-state index contributed by atoms with van der Waals surface area (Å²) in [4.78, 5) is 33.5. The number of ether oxygens (including phenoxy) is 2. The maximum Gasteiger partial charge on any atom is 0.250 e. The monoisotopic (exact) mass is 523 g/mol. The first kappa shape index (κ1) is 24.7. The minimum absolute atomic E-state index is 0.143. The normalized spacial score (nSPS) is 14.1. The minimum atomic E-state index is -0.151. The summed E-state index contributed by atoms with van der Waals surface area (Å²) >= 11 is 0. The van der Waals surface area contributed by atoms with Crippen molar-refractivity contribution < 1.29 is 14.3 Å². The van der Waals surface area contributed by atoms with Crippen molar-refractivity contribution in [1.82, 2.24) is 9.97 Å². The number of nitrogens with one attached hydrogen (secondary N) is 3. The lowest BCUT2D eigenvalue weighted by Gasteiger charge is -2.29. The molecule has 4 heterocycles. The zero-order valence-corrected chi connectivity index (χ0v) is 21.6. The summed E-state index contributed by atoms with van der Waals surface area (Å²) in [6.45, 7) is 4.80. The Hall–Kier alpha value is -4.63. The Morgan fingerprint density at radius 1 is 1.03 bits per heavy atom. The third-order valence-corrected chi connectivity index (χ3v) is 6.83. The molecule has 0 spiro atoms. The van der Waals surface area contributed by atoms with Gasteiger partial charge in [-0.05, 0) is 48.0 Å². The van der Waals surface area contributed by atoms with E-state index in [2.05, 4.69) is 37.6 Å². The number of para-hydroxylation sites is 1. The Kier molecular flexibility index (Phi) is 6.73. The predicted octanol–water partition coefficient (Wildman–Crippen LogP) is 4.54. The molecule has 4 aromatic rings. The van der Waals surface area contributed by atoms with E-state index < -0.39 is 0 Å². The zero-order valence-electron chi connectivity index (χ0n) is 21.6. The molecule has 9 heteroatoms. The molecule has 0 aliphatic carbocycles. The van der Waals surface area contributed by atoms with Gasteiger partial charge in [0.05, 0.1) is 31.1 Å². The number of benzene rings is 2. The van der Waals surface area contributed by atoms with Gasteiger partial charge in [-0.15, -0.1) is 0 Å². The topological polar surface area (TPSA) is 109 Å². The summed E-state index contributed by atoms with van der Waals surface area (Å²) in [5.41, 5.74) is 6.23. The number of H-pyrrole nitrogens is 1. The molecule has 2 aromatic carbocycles. The maximum absolute atomic E-state index is 12.6. The lowest BCUT2D eigenvalue weighted by atomic mass is 9.96. The van der Waals surface area contributed by atoms with Gasteiger partial charge in [-0.1, -0.05) is 18.2 Å². The van der Waals surface area contributed by atoms with E-state index in [0.717, 1.165) is 64.0 Å². The molecule has 1 saturated heterocycles. The van der Waals surface area contributed by atoms with Gasteiger partial charge in [-0.25, -0.2) is 4.98 Å². The lowest BCUT2D eigenvalue weighted by molar-refractivity contribution is -0.114. The molecular weight excluding hydrogens is 494 g/mol. The number of pyridine rings is 2. The van der Waals surface area contributed by atoms with Crippen molar-refractivity contribution in [3.8, 4) is 22.8 Å². The van der Waals surface area contributed by atoms with E-state index in [1.165, 1.54) is 6.92 Å². The smallest absolute Gasteiger partial charge is 0.250 e. The number of aromatic amines is 1. The van der Waals surface area contributed by atoms with E-state index in [-0.39, 0.29) is 11.5 Å². The highest BCUT2D eigenvalue weighted by Crippen LogP contribution is 2.43. The van der Waals surface area contributed by atoms with Crippen molar-refractivity contribution >= 4 is 23.1 Å². The number of hydrogen-bond donors (Lipinski definition) is 3. The molecule has 2 aliphatic heterocycles. The van der Waals surface area contributed by atoms with E-state index in [9.17, 15) is 9.59 Å². The molecule has 6 rings (SSSR count). The van der Waals surface area contributed by atoms with E-state index in [1.54, 1.807) is 12.1 Å². The third kappa shape index (κ3) is 5.49. The molecule has 0 bridgehead atoms. The number of aromatic nitrogens is 2.